The number of aliphatic hydroxyl groups excluding tert-OH is 1. The van der Waals surface area contributed by atoms with E-state index in [0.29, 0.717) is 12.1 Å². The lowest BCUT2D eigenvalue weighted by molar-refractivity contribution is -0.143. The molecule has 5 heteroatoms. The summed E-state index contributed by atoms with van der Waals surface area (Å²) in [6, 6.07) is 0. The molecule has 0 bridgehead atoms. The largest absolute Gasteiger partial charge is 0.390 e. The molecule has 0 radical (unpaired) electrons. The second kappa shape index (κ2) is 4.61. The zero-order valence-electron chi connectivity index (χ0n) is 8.69. The Balaban J connectivity index is 1.86. The molecule has 2 aliphatic rings. The third kappa shape index (κ3) is 2.28. The summed E-state index contributed by atoms with van der Waals surface area (Å²) in [4.78, 5) is 18.8. The van der Waals surface area contributed by atoms with Crippen LogP contribution in [-0.4, -0.2) is 47.4 Å². The molecule has 1 amide bonds. The van der Waals surface area contributed by atoms with E-state index in [2.05, 4.69) is 5.16 Å². The molecular weight excluding hydrogens is 196 g/mol. The Morgan fingerprint density at radius 1 is 1.47 bits per heavy atom. The normalized spacial score (nSPS) is 26.1. The van der Waals surface area contributed by atoms with Crippen LogP contribution in [0.2, 0.25) is 0 Å². The van der Waals surface area contributed by atoms with E-state index < -0.39 is 6.10 Å². The predicted octanol–water partition coefficient (Wildman–Crippen LogP) is 0.136. The van der Waals surface area contributed by atoms with E-state index in [-0.39, 0.29) is 12.5 Å². The van der Waals surface area contributed by atoms with Crippen LogP contribution in [-0.2, 0) is 9.63 Å². The van der Waals surface area contributed by atoms with Crippen molar-refractivity contribution < 1.29 is 14.7 Å². The van der Waals surface area contributed by atoms with Gasteiger partial charge in [-0.1, -0.05) is 5.16 Å². The number of rotatable bonds is 2. The molecule has 15 heavy (non-hydrogen) atoms. The highest BCUT2D eigenvalue weighted by molar-refractivity contribution is 5.93. The summed E-state index contributed by atoms with van der Waals surface area (Å²) in [7, 11) is 0. The molecule has 1 atom stereocenters. The molecule has 0 aromatic heterocycles. The molecule has 0 aliphatic carbocycles. The lowest BCUT2D eigenvalue weighted by atomic mass is 10.1. The van der Waals surface area contributed by atoms with Gasteiger partial charge in [0, 0.05) is 19.5 Å². The highest BCUT2D eigenvalue weighted by atomic mass is 16.6. The number of nitrogens with zero attached hydrogens (tertiary/aromatic N) is 2. The molecule has 2 rings (SSSR count). The fraction of sp³-hybridized carbons (Fsp3) is 0.800. The molecule has 0 aromatic rings. The number of hydrogen-bond acceptors (Lipinski definition) is 4. The van der Waals surface area contributed by atoms with E-state index in [4.69, 9.17) is 9.94 Å². The van der Waals surface area contributed by atoms with Gasteiger partial charge < -0.3 is 14.8 Å². The van der Waals surface area contributed by atoms with Crippen molar-refractivity contribution in [3.8, 4) is 0 Å². The highest BCUT2D eigenvalue weighted by Crippen LogP contribution is 2.16. The van der Waals surface area contributed by atoms with E-state index in [1.807, 2.05) is 4.90 Å². The minimum atomic E-state index is -0.495. The molecular formula is C10H16N2O3. The van der Waals surface area contributed by atoms with Crippen molar-refractivity contribution in [3.05, 3.63) is 0 Å². The first-order chi connectivity index (χ1) is 7.31. The van der Waals surface area contributed by atoms with Gasteiger partial charge in [0.15, 0.2) is 0 Å². The third-order valence-electron chi connectivity index (χ3n) is 2.86. The standard InChI is InChI=1S/C10H16N2O3/c13-7-8-6-9(15-11-8)10(14)12-4-2-1-3-5-12/h9,13H,1-7H2. The third-order valence-corrected chi connectivity index (χ3v) is 2.86. The quantitative estimate of drug-likeness (QED) is 0.708. The van der Waals surface area contributed by atoms with E-state index in [9.17, 15) is 4.79 Å². The smallest absolute Gasteiger partial charge is 0.266 e. The van der Waals surface area contributed by atoms with Gasteiger partial charge in [-0.2, -0.15) is 0 Å². The fourth-order valence-electron chi connectivity index (χ4n) is 1.97. The number of likely N-dealkylation sites (tertiary alicyclic amines) is 1. The van der Waals surface area contributed by atoms with Crippen molar-refractivity contribution in [1.29, 1.82) is 0 Å². The first-order valence-corrected chi connectivity index (χ1v) is 5.42. The summed E-state index contributed by atoms with van der Waals surface area (Å²) in [6.07, 6.45) is 3.29. The summed E-state index contributed by atoms with van der Waals surface area (Å²) in [5.41, 5.74) is 0.561. The van der Waals surface area contributed by atoms with E-state index in [0.717, 1.165) is 25.9 Å². The average molecular weight is 212 g/mol. The Hall–Kier alpha value is -1.10. The molecule has 0 saturated carbocycles. The van der Waals surface area contributed by atoms with Gasteiger partial charge in [0.2, 0.25) is 6.10 Å². The molecule has 84 valence electrons. The van der Waals surface area contributed by atoms with Gasteiger partial charge in [-0.25, -0.2) is 0 Å². The molecule has 0 aromatic carbocycles. The number of carbonyl (C=O) groups excluding carboxylic acids is 1. The average Bonchev–Trinajstić information content (AvgIpc) is 2.78. The SMILES string of the molecule is O=C(C1CC(CO)=NO1)N1CCCCC1. The number of piperidine rings is 1. The van der Waals surface area contributed by atoms with Gasteiger partial charge in [0.1, 0.15) is 0 Å². The van der Waals surface area contributed by atoms with Gasteiger partial charge in [-0.05, 0) is 19.3 Å². The molecule has 1 N–H and O–H groups in total. The van der Waals surface area contributed by atoms with Gasteiger partial charge in [-0.15, -0.1) is 0 Å². The molecule has 5 nitrogen and oxygen atoms in total. The van der Waals surface area contributed by atoms with Crippen molar-refractivity contribution in [2.24, 2.45) is 5.16 Å². The van der Waals surface area contributed by atoms with Crippen LogP contribution >= 0.6 is 0 Å². The predicted molar refractivity (Wildman–Crippen MR) is 54.4 cm³/mol. The maximum Gasteiger partial charge on any atom is 0.266 e. The molecule has 1 unspecified atom stereocenters. The maximum absolute atomic E-state index is 11.9. The molecule has 1 saturated heterocycles. The second-order valence-corrected chi connectivity index (χ2v) is 4.00. The van der Waals surface area contributed by atoms with Crippen LogP contribution in [0.25, 0.3) is 0 Å². The maximum atomic E-state index is 11.9. The number of hydrogen-bond donors (Lipinski definition) is 1. The Bertz CT molecular complexity index is 272. The van der Waals surface area contributed by atoms with Crippen molar-refractivity contribution in [2.45, 2.75) is 31.8 Å². The summed E-state index contributed by atoms with van der Waals surface area (Å²) < 4.78 is 0. The summed E-state index contributed by atoms with van der Waals surface area (Å²) in [6.45, 7) is 1.53. The van der Waals surface area contributed by atoms with Crippen LogP contribution in [0.15, 0.2) is 5.16 Å². The Morgan fingerprint density at radius 3 is 2.80 bits per heavy atom. The van der Waals surface area contributed by atoms with Gasteiger partial charge in [0.25, 0.3) is 5.91 Å². The minimum Gasteiger partial charge on any atom is -0.390 e. The van der Waals surface area contributed by atoms with Gasteiger partial charge >= 0.3 is 0 Å². The van der Waals surface area contributed by atoms with Crippen LogP contribution in [0.1, 0.15) is 25.7 Å². The number of amides is 1. The van der Waals surface area contributed by atoms with Crippen molar-refractivity contribution >= 4 is 11.6 Å². The summed E-state index contributed by atoms with van der Waals surface area (Å²) >= 11 is 0. The molecule has 1 fully saturated rings. The van der Waals surface area contributed by atoms with E-state index in [1.165, 1.54) is 6.42 Å². The van der Waals surface area contributed by atoms with Crippen LogP contribution in [0, 0.1) is 0 Å². The second-order valence-electron chi connectivity index (χ2n) is 4.00. The van der Waals surface area contributed by atoms with Crippen molar-refractivity contribution in [2.75, 3.05) is 19.7 Å². The van der Waals surface area contributed by atoms with Crippen LogP contribution in [0.4, 0.5) is 0 Å². The molecule has 2 aliphatic heterocycles. The van der Waals surface area contributed by atoms with Crippen molar-refractivity contribution in [1.82, 2.24) is 4.90 Å². The van der Waals surface area contributed by atoms with Crippen LogP contribution in [0.5, 0.6) is 0 Å². The topological polar surface area (TPSA) is 62.1 Å². The minimum absolute atomic E-state index is 0.0156. The number of aliphatic hydroxyl groups is 1. The first kappa shape index (κ1) is 10.4. The molecule has 0 spiro atoms. The van der Waals surface area contributed by atoms with Gasteiger partial charge in [0.05, 0.1) is 12.3 Å². The molecule has 2 heterocycles. The van der Waals surface area contributed by atoms with Crippen LogP contribution in [0.3, 0.4) is 0 Å². The van der Waals surface area contributed by atoms with E-state index >= 15 is 0 Å². The monoisotopic (exact) mass is 212 g/mol. The Labute approximate surface area is 88.7 Å². The van der Waals surface area contributed by atoms with Gasteiger partial charge in [-0.3, -0.25) is 4.79 Å². The zero-order valence-corrected chi connectivity index (χ0v) is 8.69. The fourth-order valence-corrected chi connectivity index (χ4v) is 1.97. The highest BCUT2D eigenvalue weighted by Gasteiger charge is 2.31. The summed E-state index contributed by atoms with van der Waals surface area (Å²) in [5.74, 6) is 0.0156. The Kier molecular flexibility index (Phi) is 3.20. The Morgan fingerprint density at radius 2 is 2.20 bits per heavy atom. The van der Waals surface area contributed by atoms with E-state index in [1.54, 1.807) is 0 Å². The summed E-state index contributed by atoms with van der Waals surface area (Å²) in [5, 5.41) is 12.5. The lowest BCUT2D eigenvalue weighted by Gasteiger charge is -2.28. The van der Waals surface area contributed by atoms with Crippen LogP contribution < -0.4 is 0 Å². The van der Waals surface area contributed by atoms with Crippen molar-refractivity contribution in [3.63, 3.8) is 0 Å². The first-order valence-electron chi connectivity index (χ1n) is 5.42. The lowest BCUT2D eigenvalue weighted by Crippen LogP contribution is -2.42. The number of oxime groups is 1. The zero-order chi connectivity index (χ0) is 10.7. The number of carbonyl (C=O) groups is 1.